The van der Waals surface area contributed by atoms with Crippen LogP contribution in [-0.4, -0.2) is 13.1 Å². The molecule has 1 aromatic heterocycles. The standard InChI is InChI=1S/C8H11NO3.ClH/c1-11-8(10)4-7(9)6-2-3-12-5-6;/h2-3,5,7H,4,9H2,1H3;1H/t7-;/m1./s1. The summed E-state index contributed by atoms with van der Waals surface area (Å²) in [5.74, 6) is -0.316. The zero-order valence-corrected chi connectivity index (χ0v) is 8.04. The fraction of sp³-hybridized carbons (Fsp3) is 0.375. The van der Waals surface area contributed by atoms with E-state index in [2.05, 4.69) is 4.74 Å². The Morgan fingerprint density at radius 3 is 2.92 bits per heavy atom. The largest absolute Gasteiger partial charge is 0.472 e. The number of nitrogens with two attached hydrogens (primary N) is 1. The van der Waals surface area contributed by atoms with Crippen molar-refractivity contribution in [2.45, 2.75) is 12.5 Å². The molecule has 0 amide bonds. The molecule has 0 aliphatic rings. The van der Waals surface area contributed by atoms with E-state index in [9.17, 15) is 4.79 Å². The Morgan fingerprint density at radius 1 is 1.77 bits per heavy atom. The molecule has 1 aromatic rings. The van der Waals surface area contributed by atoms with Gasteiger partial charge in [-0.2, -0.15) is 0 Å². The third-order valence-corrected chi connectivity index (χ3v) is 1.59. The molecule has 0 aromatic carbocycles. The Hall–Kier alpha value is -1.00. The summed E-state index contributed by atoms with van der Waals surface area (Å²) < 4.78 is 9.29. The van der Waals surface area contributed by atoms with Gasteiger partial charge in [0.25, 0.3) is 0 Å². The predicted molar refractivity (Wildman–Crippen MR) is 49.5 cm³/mol. The van der Waals surface area contributed by atoms with Gasteiger partial charge in [0.05, 0.1) is 26.1 Å². The highest BCUT2D eigenvalue weighted by molar-refractivity contribution is 5.85. The molecule has 0 unspecified atom stereocenters. The van der Waals surface area contributed by atoms with Gasteiger partial charge in [0.15, 0.2) is 0 Å². The molecular weight excluding hydrogens is 194 g/mol. The highest BCUT2D eigenvalue weighted by Gasteiger charge is 2.12. The molecule has 5 heteroatoms. The van der Waals surface area contributed by atoms with Crippen LogP contribution in [0.2, 0.25) is 0 Å². The number of carbonyl (C=O) groups is 1. The SMILES string of the molecule is COC(=O)C[C@@H](N)c1ccoc1.Cl. The Balaban J connectivity index is 0.00000144. The van der Waals surface area contributed by atoms with E-state index in [1.165, 1.54) is 19.6 Å². The van der Waals surface area contributed by atoms with Gasteiger partial charge in [-0.1, -0.05) is 0 Å². The zero-order chi connectivity index (χ0) is 8.97. The number of rotatable bonds is 3. The summed E-state index contributed by atoms with van der Waals surface area (Å²) in [7, 11) is 1.34. The molecule has 0 saturated heterocycles. The van der Waals surface area contributed by atoms with Crippen LogP contribution in [0.15, 0.2) is 23.0 Å². The highest BCUT2D eigenvalue weighted by Crippen LogP contribution is 2.14. The lowest BCUT2D eigenvalue weighted by Crippen LogP contribution is -2.15. The number of halogens is 1. The molecule has 4 nitrogen and oxygen atoms in total. The summed E-state index contributed by atoms with van der Waals surface area (Å²) in [6.45, 7) is 0. The number of carbonyl (C=O) groups excluding carboxylic acids is 1. The third-order valence-electron chi connectivity index (χ3n) is 1.59. The summed E-state index contributed by atoms with van der Waals surface area (Å²) >= 11 is 0. The number of hydrogen-bond acceptors (Lipinski definition) is 4. The lowest BCUT2D eigenvalue weighted by molar-refractivity contribution is -0.141. The van der Waals surface area contributed by atoms with Gasteiger partial charge in [-0.15, -0.1) is 12.4 Å². The van der Waals surface area contributed by atoms with Gasteiger partial charge in [-0.05, 0) is 6.07 Å². The van der Waals surface area contributed by atoms with Gasteiger partial charge >= 0.3 is 5.97 Å². The normalized spacial score (nSPS) is 11.5. The second-order valence-corrected chi connectivity index (χ2v) is 2.44. The van der Waals surface area contributed by atoms with Gasteiger partial charge in [0, 0.05) is 11.6 Å². The van der Waals surface area contributed by atoms with Crippen molar-refractivity contribution in [3.05, 3.63) is 24.2 Å². The van der Waals surface area contributed by atoms with Crippen LogP contribution >= 0.6 is 12.4 Å². The van der Waals surface area contributed by atoms with Crippen LogP contribution in [0.25, 0.3) is 0 Å². The van der Waals surface area contributed by atoms with Crippen molar-refractivity contribution in [3.63, 3.8) is 0 Å². The smallest absolute Gasteiger partial charge is 0.307 e. The summed E-state index contributed by atoms with van der Waals surface area (Å²) in [5, 5.41) is 0. The lowest BCUT2D eigenvalue weighted by atomic mass is 10.1. The number of methoxy groups -OCH3 is 1. The molecule has 1 atom stereocenters. The van der Waals surface area contributed by atoms with Crippen LogP contribution in [-0.2, 0) is 9.53 Å². The topological polar surface area (TPSA) is 65.5 Å². The summed E-state index contributed by atoms with van der Waals surface area (Å²) in [6, 6.07) is 1.39. The fourth-order valence-electron chi connectivity index (χ4n) is 0.867. The van der Waals surface area contributed by atoms with Crippen molar-refractivity contribution < 1.29 is 13.9 Å². The first-order chi connectivity index (χ1) is 5.74. The number of furan rings is 1. The van der Waals surface area contributed by atoms with E-state index in [0.717, 1.165) is 5.56 Å². The van der Waals surface area contributed by atoms with Gasteiger partial charge in [0.2, 0.25) is 0 Å². The Kier molecular flexibility index (Phi) is 5.18. The predicted octanol–water partition coefficient (Wildman–Crippen LogP) is 1.26. The molecule has 1 heterocycles. The fourth-order valence-corrected chi connectivity index (χ4v) is 0.867. The minimum Gasteiger partial charge on any atom is -0.472 e. The molecule has 0 radical (unpaired) electrons. The average Bonchev–Trinajstić information content (AvgIpc) is 2.56. The first-order valence-corrected chi connectivity index (χ1v) is 3.58. The maximum absolute atomic E-state index is 10.8. The van der Waals surface area contributed by atoms with Gasteiger partial charge in [-0.3, -0.25) is 4.79 Å². The van der Waals surface area contributed by atoms with Gasteiger partial charge < -0.3 is 14.9 Å². The van der Waals surface area contributed by atoms with Crippen LogP contribution in [0.4, 0.5) is 0 Å². The van der Waals surface area contributed by atoms with Crippen LogP contribution in [0.3, 0.4) is 0 Å². The van der Waals surface area contributed by atoms with Crippen molar-refractivity contribution in [1.82, 2.24) is 0 Å². The van der Waals surface area contributed by atoms with Crippen molar-refractivity contribution in [2.24, 2.45) is 5.73 Å². The van der Waals surface area contributed by atoms with E-state index in [-0.39, 0.29) is 30.8 Å². The molecule has 0 aliphatic carbocycles. The monoisotopic (exact) mass is 205 g/mol. The van der Waals surface area contributed by atoms with Crippen LogP contribution < -0.4 is 5.73 Å². The molecule has 0 saturated carbocycles. The second-order valence-electron chi connectivity index (χ2n) is 2.44. The number of hydrogen-bond donors (Lipinski definition) is 1. The Bertz CT molecular complexity index is 248. The van der Waals surface area contributed by atoms with Crippen molar-refractivity contribution >= 4 is 18.4 Å². The quantitative estimate of drug-likeness (QED) is 0.755. The van der Waals surface area contributed by atoms with E-state index in [4.69, 9.17) is 10.2 Å². The summed E-state index contributed by atoms with van der Waals surface area (Å²) in [4.78, 5) is 10.8. The lowest BCUT2D eigenvalue weighted by Gasteiger charge is -2.06. The van der Waals surface area contributed by atoms with Gasteiger partial charge in [-0.25, -0.2) is 0 Å². The van der Waals surface area contributed by atoms with E-state index in [1.54, 1.807) is 6.07 Å². The molecule has 0 fully saturated rings. The van der Waals surface area contributed by atoms with Crippen LogP contribution in [0.1, 0.15) is 18.0 Å². The zero-order valence-electron chi connectivity index (χ0n) is 7.23. The van der Waals surface area contributed by atoms with E-state index < -0.39 is 0 Å². The second kappa shape index (κ2) is 5.61. The van der Waals surface area contributed by atoms with Gasteiger partial charge in [0.1, 0.15) is 0 Å². The average molecular weight is 206 g/mol. The molecule has 0 bridgehead atoms. The van der Waals surface area contributed by atoms with Crippen LogP contribution in [0, 0.1) is 0 Å². The molecule has 1 rings (SSSR count). The van der Waals surface area contributed by atoms with E-state index in [0.29, 0.717) is 0 Å². The Morgan fingerprint density at radius 2 is 2.46 bits per heavy atom. The summed E-state index contributed by atoms with van der Waals surface area (Å²) in [5.41, 5.74) is 6.46. The molecule has 13 heavy (non-hydrogen) atoms. The molecule has 74 valence electrons. The number of esters is 1. The maximum Gasteiger partial charge on any atom is 0.307 e. The highest BCUT2D eigenvalue weighted by atomic mass is 35.5. The number of ether oxygens (including phenoxy) is 1. The minimum absolute atomic E-state index is 0. The third kappa shape index (κ3) is 3.48. The van der Waals surface area contributed by atoms with E-state index >= 15 is 0 Å². The van der Waals surface area contributed by atoms with E-state index in [1.807, 2.05) is 0 Å². The molecular formula is C8H12ClNO3. The minimum atomic E-state index is -0.337. The first kappa shape index (κ1) is 12.0. The maximum atomic E-state index is 10.8. The van der Waals surface area contributed by atoms with Crippen molar-refractivity contribution in [1.29, 1.82) is 0 Å². The molecule has 2 N–H and O–H groups in total. The van der Waals surface area contributed by atoms with Crippen LogP contribution in [0.5, 0.6) is 0 Å². The molecule has 0 spiro atoms. The Labute approximate surface area is 82.5 Å². The summed E-state index contributed by atoms with van der Waals surface area (Å²) in [6.07, 6.45) is 3.22. The first-order valence-electron chi connectivity index (χ1n) is 3.58. The van der Waals surface area contributed by atoms with Crippen molar-refractivity contribution in [2.75, 3.05) is 7.11 Å². The molecule has 0 aliphatic heterocycles. The van der Waals surface area contributed by atoms with Crippen molar-refractivity contribution in [3.8, 4) is 0 Å².